The van der Waals surface area contributed by atoms with Crippen molar-refractivity contribution in [3.8, 4) is 0 Å². The van der Waals surface area contributed by atoms with Crippen LogP contribution in [0, 0.1) is 0 Å². The molecule has 1 N–H and O–H groups in total. The van der Waals surface area contributed by atoms with Crippen LogP contribution in [0.25, 0.3) is 0 Å². The third-order valence-corrected chi connectivity index (χ3v) is 1.57. The normalized spacial score (nSPS) is 9.60. The second kappa shape index (κ2) is 4.23. The van der Waals surface area contributed by atoms with Crippen LogP contribution in [0.4, 0.5) is 5.82 Å². The van der Waals surface area contributed by atoms with Gasteiger partial charge in [-0.2, -0.15) is 0 Å². The first kappa shape index (κ1) is 9.20. The Bertz CT molecular complexity index is 445. The molecule has 0 aliphatic rings. The van der Waals surface area contributed by atoms with Gasteiger partial charge in [-0.25, -0.2) is 15.0 Å². The Balaban J connectivity index is 2.12. The maximum Gasteiger partial charge on any atom is 0.294 e. The molecule has 0 aliphatic heterocycles. The zero-order chi connectivity index (χ0) is 10.5. The standard InChI is InChI=1S/C9H7N5O/c15-9(8-12-2-1-3-13-8)14-7-6-10-4-5-11-7/h1-6H,(H,11,14,15). The largest absolute Gasteiger partial charge is 0.303 e. The third kappa shape index (κ3) is 2.31. The molecular formula is C9H7N5O. The van der Waals surface area contributed by atoms with E-state index in [1.807, 2.05) is 0 Å². The molecule has 2 aromatic rings. The molecule has 2 heterocycles. The van der Waals surface area contributed by atoms with Crippen LogP contribution in [-0.2, 0) is 0 Å². The quantitative estimate of drug-likeness (QED) is 0.766. The molecule has 0 radical (unpaired) electrons. The lowest BCUT2D eigenvalue weighted by Crippen LogP contribution is -2.16. The van der Waals surface area contributed by atoms with Crippen LogP contribution in [0.15, 0.2) is 37.1 Å². The Hall–Kier alpha value is -2.37. The van der Waals surface area contributed by atoms with Gasteiger partial charge in [0.2, 0.25) is 5.82 Å². The minimum Gasteiger partial charge on any atom is -0.303 e. The first-order chi connectivity index (χ1) is 7.36. The van der Waals surface area contributed by atoms with E-state index in [0.29, 0.717) is 5.82 Å². The molecule has 2 aromatic heterocycles. The summed E-state index contributed by atoms with van der Waals surface area (Å²) >= 11 is 0. The third-order valence-electron chi connectivity index (χ3n) is 1.57. The highest BCUT2D eigenvalue weighted by atomic mass is 16.2. The van der Waals surface area contributed by atoms with Gasteiger partial charge >= 0.3 is 0 Å². The van der Waals surface area contributed by atoms with E-state index in [-0.39, 0.29) is 5.82 Å². The minimum atomic E-state index is -0.406. The van der Waals surface area contributed by atoms with E-state index in [9.17, 15) is 4.79 Å². The average Bonchev–Trinajstić information content (AvgIpc) is 2.31. The molecule has 1 amide bonds. The molecule has 0 bridgehead atoms. The Morgan fingerprint density at radius 2 is 1.87 bits per heavy atom. The maximum atomic E-state index is 11.5. The number of carbonyl (C=O) groups is 1. The van der Waals surface area contributed by atoms with Crippen molar-refractivity contribution >= 4 is 11.7 Å². The molecule has 0 aliphatic carbocycles. The molecular weight excluding hydrogens is 194 g/mol. The van der Waals surface area contributed by atoms with Gasteiger partial charge in [-0.05, 0) is 6.07 Å². The van der Waals surface area contributed by atoms with Gasteiger partial charge in [-0.1, -0.05) is 0 Å². The van der Waals surface area contributed by atoms with Crippen molar-refractivity contribution in [1.29, 1.82) is 0 Å². The number of rotatable bonds is 2. The molecule has 6 nitrogen and oxygen atoms in total. The second-order valence-electron chi connectivity index (χ2n) is 2.62. The summed E-state index contributed by atoms with van der Waals surface area (Å²) in [7, 11) is 0. The van der Waals surface area contributed by atoms with E-state index in [2.05, 4.69) is 25.3 Å². The summed E-state index contributed by atoms with van der Waals surface area (Å²) < 4.78 is 0. The summed E-state index contributed by atoms with van der Waals surface area (Å²) in [5, 5.41) is 2.52. The van der Waals surface area contributed by atoms with Gasteiger partial charge in [0.15, 0.2) is 5.82 Å². The van der Waals surface area contributed by atoms with Crippen LogP contribution in [0.2, 0.25) is 0 Å². The van der Waals surface area contributed by atoms with E-state index in [4.69, 9.17) is 0 Å². The number of nitrogens with zero attached hydrogens (tertiary/aromatic N) is 4. The number of amides is 1. The van der Waals surface area contributed by atoms with Gasteiger partial charge in [0.25, 0.3) is 5.91 Å². The second-order valence-corrected chi connectivity index (χ2v) is 2.62. The van der Waals surface area contributed by atoms with E-state index >= 15 is 0 Å². The van der Waals surface area contributed by atoms with E-state index in [1.54, 1.807) is 6.07 Å². The van der Waals surface area contributed by atoms with Crippen molar-refractivity contribution in [3.05, 3.63) is 42.9 Å². The zero-order valence-corrected chi connectivity index (χ0v) is 7.66. The molecule has 0 aromatic carbocycles. The van der Waals surface area contributed by atoms with Gasteiger partial charge < -0.3 is 5.32 Å². The van der Waals surface area contributed by atoms with Gasteiger partial charge in [0, 0.05) is 24.8 Å². The van der Waals surface area contributed by atoms with Crippen LogP contribution in [0.1, 0.15) is 10.6 Å². The molecule has 6 heteroatoms. The molecule has 15 heavy (non-hydrogen) atoms. The van der Waals surface area contributed by atoms with Crippen molar-refractivity contribution < 1.29 is 4.79 Å². The SMILES string of the molecule is O=C(Nc1cnccn1)c1ncccn1. The van der Waals surface area contributed by atoms with Crippen molar-refractivity contribution in [2.75, 3.05) is 5.32 Å². The monoisotopic (exact) mass is 201 g/mol. The van der Waals surface area contributed by atoms with E-state index in [1.165, 1.54) is 31.0 Å². The molecule has 0 unspecified atom stereocenters. The van der Waals surface area contributed by atoms with Crippen molar-refractivity contribution in [1.82, 2.24) is 19.9 Å². The highest BCUT2D eigenvalue weighted by molar-refractivity contribution is 6.00. The van der Waals surface area contributed by atoms with Crippen LogP contribution in [-0.4, -0.2) is 25.8 Å². The minimum absolute atomic E-state index is 0.100. The molecule has 0 fully saturated rings. The predicted octanol–water partition coefficient (Wildman–Crippen LogP) is 0.519. The summed E-state index contributed by atoms with van der Waals surface area (Å²) in [6.45, 7) is 0. The summed E-state index contributed by atoms with van der Waals surface area (Å²) in [5.74, 6) is 0.0641. The number of hydrogen-bond acceptors (Lipinski definition) is 5. The predicted molar refractivity (Wildman–Crippen MR) is 52.0 cm³/mol. The zero-order valence-electron chi connectivity index (χ0n) is 7.66. The molecule has 0 saturated heterocycles. The van der Waals surface area contributed by atoms with Crippen LogP contribution in [0.5, 0.6) is 0 Å². The van der Waals surface area contributed by atoms with Crippen molar-refractivity contribution in [2.24, 2.45) is 0 Å². The lowest BCUT2D eigenvalue weighted by molar-refractivity contribution is 0.101. The first-order valence-corrected chi connectivity index (χ1v) is 4.20. The average molecular weight is 201 g/mol. The summed E-state index contributed by atoms with van der Waals surface area (Å²) in [6.07, 6.45) is 7.45. The van der Waals surface area contributed by atoms with Gasteiger partial charge in [0.1, 0.15) is 0 Å². The molecule has 0 saturated carbocycles. The van der Waals surface area contributed by atoms with Gasteiger partial charge in [-0.3, -0.25) is 9.78 Å². The van der Waals surface area contributed by atoms with Gasteiger partial charge in [0.05, 0.1) is 6.20 Å². The molecule has 74 valence electrons. The topological polar surface area (TPSA) is 80.7 Å². The lowest BCUT2D eigenvalue weighted by atomic mass is 10.5. The number of hydrogen-bond donors (Lipinski definition) is 1. The molecule has 0 spiro atoms. The van der Waals surface area contributed by atoms with Gasteiger partial charge in [-0.15, -0.1) is 0 Å². The number of nitrogens with one attached hydrogen (secondary N) is 1. The number of aromatic nitrogens is 4. The van der Waals surface area contributed by atoms with Crippen LogP contribution < -0.4 is 5.32 Å². The van der Waals surface area contributed by atoms with Crippen LogP contribution >= 0.6 is 0 Å². The molecule has 0 atom stereocenters. The highest BCUT2D eigenvalue weighted by Crippen LogP contribution is 1.99. The van der Waals surface area contributed by atoms with E-state index < -0.39 is 5.91 Å². The Labute approximate surface area is 85.4 Å². The Morgan fingerprint density at radius 3 is 2.53 bits per heavy atom. The summed E-state index contributed by atoms with van der Waals surface area (Å²) in [6, 6.07) is 1.64. The molecule has 2 rings (SSSR count). The Morgan fingerprint density at radius 1 is 1.07 bits per heavy atom. The van der Waals surface area contributed by atoms with Crippen molar-refractivity contribution in [2.45, 2.75) is 0 Å². The first-order valence-electron chi connectivity index (χ1n) is 4.20. The van der Waals surface area contributed by atoms with E-state index in [0.717, 1.165) is 0 Å². The number of anilines is 1. The fourth-order valence-corrected chi connectivity index (χ4v) is 0.952. The lowest BCUT2D eigenvalue weighted by Gasteiger charge is -2.00. The number of carbonyl (C=O) groups excluding carboxylic acids is 1. The highest BCUT2D eigenvalue weighted by Gasteiger charge is 2.08. The van der Waals surface area contributed by atoms with Crippen LogP contribution in [0.3, 0.4) is 0 Å². The summed E-state index contributed by atoms with van der Waals surface area (Å²) in [5.41, 5.74) is 0. The van der Waals surface area contributed by atoms with Crippen molar-refractivity contribution in [3.63, 3.8) is 0 Å². The summed E-state index contributed by atoms with van der Waals surface area (Å²) in [4.78, 5) is 26.8. The smallest absolute Gasteiger partial charge is 0.294 e. The Kier molecular flexibility index (Phi) is 2.59. The fourth-order valence-electron chi connectivity index (χ4n) is 0.952. The fraction of sp³-hybridized carbons (Fsp3) is 0. The maximum absolute atomic E-state index is 11.5.